The maximum atomic E-state index is 8.52. The Morgan fingerprint density at radius 3 is 3.12 bits per heavy atom. The minimum atomic E-state index is 0.0991. The predicted octanol–water partition coefficient (Wildman–Crippen LogP) is 0.782. The molecule has 0 aliphatic heterocycles. The van der Waals surface area contributed by atoms with Crippen LogP contribution >= 0.6 is 0 Å². The third-order valence-electron chi connectivity index (χ3n) is 2.43. The lowest BCUT2D eigenvalue weighted by Crippen LogP contribution is -2.19. The molecule has 5 heteroatoms. The van der Waals surface area contributed by atoms with Crippen LogP contribution < -0.4 is 5.32 Å². The number of hydrogen-bond donors (Lipinski definition) is 2. The van der Waals surface area contributed by atoms with Gasteiger partial charge in [0.1, 0.15) is 5.82 Å². The molecule has 17 heavy (non-hydrogen) atoms. The molecule has 2 N–H and O–H groups in total. The highest BCUT2D eigenvalue weighted by molar-refractivity contribution is 4.91. The van der Waals surface area contributed by atoms with E-state index in [-0.39, 0.29) is 6.61 Å². The Morgan fingerprint density at radius 1 is 1.47 bits per heavy atom. The van der Waals surface area contributed by atoms with E-state index in [1.54, 1.807) is 0 Å². The summed E-state index contributed by atoms with van der Waals surface area (Å²) in [6.45, 7) is 6.11. The van der Waals surface area contributed by atoms with Gasteiger partial charge in [0.05, 0.1) is 19.8 Å². The van der Waals surface area contributed by atoms with Crippen LogP contribution in [0.15, 0.2) is 12.4 Å². The van der Waals surface area contributed by atoms with Crippen molar-refractivity contribution < 1.29 is 9.84 Å². The largest absolute Gasteiger partial charge is 0.394 e. The molecule has 0 fully saturated rings. The molecule has 0 unspecified atom stereocenters. The van der Waals surface area contributed by atoms with Crippen molar-refractivity contribution >= 4 is 0 Å². The van der Waals surface area contributed by atoms with Crippen LogP contribution in [0.1, 0.15) is 25.6 Å². The van der Waals surface area contributed by atoms with Gasteiger partial charge in [0.25, 0.3) is 0 Å². The van der Waals surface area contributed by atoms with Gasteiger partial charge in [-0.25, -0.2) is 4.98 Å². The predicted molar refractivity (Wildman–Crippen MR) is 66.7 cm³/mol. The van der Waals surface area contributed by atoms with Crippen LogP contribution in [0.5, 0.6) is 0 Å². The Labute approximate surface area is 103 Å². The fourth-order valence-corrected chi connectivity index (χ4v) is 1.62. The number of ether oxygens (including phenoxy) is 1. The van der Waals surface area contributed by atoms with E-state index in [1.807, 2.05) is 12.4 Å². The highest BCUT2D eigenvalue weighted by Gasteiger charge is 2.00. The molecule has 0 saturated heterocycles. The molecular weight excluding hydrogens is 218 g/mol. The number of aliphatic hydroxyl groups excluding tert-OH is 1. The second-order valence-electron chi connectivity index (χ2n) is 3.90. The molecule has 1 aromatic rings. The first-order valence-electron chi connectivity index (χ1n) is 6.27. The van der Waals surface area contributed by atoms with E-state index in [1.165, 1.54) is 0 Å². The minimum absolute atomic E-state index is 0.0991. The van der Waals surface area contributed by atoms with Crippen molar-refractivity contribution in [2.24, 2.45) is 0 Å². The van der Waals surface area contributed by atoms with E-state index in [0.29, 0.717) is 13.2 Å². The van der Waals surface area contributed by atoms with E-state index < -0.39 is 0 Å². The second kappa shape index (κ2) is 9.15. The summed E-state index contributed by atoms with van der Waals surface area (Å²) in [7, 11) is 0. The lowest BCUT2D eigenvalue weighted by atomic mass is 10.4. The molecule has 0 bridgehead atoms. The summed E-state index contributed by atoms with van der Waals surface area (Å²) in [5, 5.41) is 11.9. The SMILES string of the molecule is CCCn1ccnc1CNCCCOCCO. The zero-order chi connectivity index (χ0) is 12.3. The first-order chi connectivity index (χ1) is 8.38. The summed E-state index contributed by atoms with van der Waals surface area (Å²) in [4.78, 5) is 4.32. The van der Waals surface area contributed by atoms with Crippen LogP contribution in [0.4, 0.5) is 0 Å². The maximum absolute atomic E-state index is 8.52. The van der Waals surface area contributed by atoms with Crippen molar-refractivity contribution in [3.63, 3.8) is 0 Å². The van der Waals surface area contributed by atoms with Crippen LogP contribution in [0.2, 0.25) is 0 Å². The standard InChI is InChI=1S/C12H23N3O2/c1-2-6-15-7-5-14-12(15)11-13-4-3-9-17-10-8-16/h5,7,13,16H,2-4,6,8-11H2,1H3. The highest BCUT2D eigenvalue weighted by atomic mass is 16.5. The van der Waals surface area contributed by atoms with Crippen LogP contribution in [0, 0.1) is 0 Å². The van der Waals surface area contributed by atoms with Gasteiger partial charge in [-0.15, -0.1) is 0 Å². The van der Waals surface area contributed by atoms with Crippen LogP contribution in [0.25, 0.3) is 0 Å². The van der Waals surface area contributed by atoms with Gasteiger partial charge in [0.2, 0.25) is 0 Å². The number of nitrogens with one attached hydrogen (secondary N) is 1. The highest BCUT2D eigenvalue weighted by Crippen LogP contribution is 1.98. The average molecular weight is 241 g/mol. The number of aliphatic hydroxyl groups is 1. The van der Waals surface area contributed by atoms with E-state index in [2.05, 4.69) is 21.8 Å². The van der Waals surface area contributed by atoms with Crippen molar-refractivity contribution in [1.82, 2.24) is 14.9 Å². The van der Waals surface area contributed by atoms with E-state index in [4.69, 9.17) is 9.84 Å². The molecule has 0 spiro atoms. The smallest absolute Gasteiger partial charge is 0.122 e. The van der Waals surface area contributed by atoms with Crippen molar-refractivity contribution in [3.05, 3.63) is 18.2 Å². The number of rotatable bonds is 10. The van der Waals surface area contributed by atoms with Gasteiger partial charge < -0.3 is 19.7 Å². The van der Waals surface area contributed by atoms with Crippen molar-refractivity contribution in [2.45, 2.75) is 32.9 Å². The fourth-order valence-electron chi connectivity index (χ4n) is 1.62. The molecule has 98 valence electrons. The summed E-state index contributed by atoms with van der Waals surface area (Å²) in [5.74, 6) is 1.09. The quantitative estimate of drug-likeness (QED) is 0.594. The van der Waals surface area contributed by atoms with Gasteiger partial charge in [-0.2, -0.15) is 0 Å². The lowest BCUT2D eigenvalue weighted by Gasteiger charge is -2.07. The Bertz CT molecular complexity index is 289. The van der Waals surface area contributed by atoms with E-state index in [0.717, 1.165) is 38.3 Å². The maximum Gasteiger partial charge on any atom is 0.122 e. The molecule has 1 aromatic heterocycles. The Hall–Kier alpha value is -0.910. The van der Waals surface area contributed by atoms with Crippen molar-refractivity contribution in [2.75, 3.05) is 26.4 Å². The Balaban J connectivity index is 2.07. The average Bonchev–Trinajstić information content (AvgIpc) is 2.76. The monoisotopic (exact) mass is 241 g/mol. The summed E-state index contributed by atoms with van der Waals surface area (Å²) in [5.41, 5.74) is 0. The second-order valence-corrected chi connectivity index (χ2v) is 3.90. The fraction of sp³-hybridized carbons (Fsp3) is 0.750. The van der Waals surface area contributed by atoms with Gasteiger partial charge in [-0.3, -0.25) is 0 Å². The molecule has 0 aliphatic carbocycles. The van der Waals surface area contributed by atoms with Crippen LogP contribution in [-0.4, -0.2) is 41.0 Å². The zero-order valence-corrected chi connectivity index (χ0v) is 10.6. The molecule has 0 atom stereocenters. The molecule has 0 aliphatic rings. The number of nitrogens with zero attached hydrogens (tertiary/aromatic N) is 2. The van der Waals surface area contributed by atoms with Gasteiger partial charge in [0, 0.05) is 25.5 Å². The van der Waals surface area contributed by atoms with Gasteiger partial charge in [-0.05, 0) is 19.4 Å². The summed E-state index contributed by atoms with van der Waals surface area (Å²) in [6, 6.07) is 0. The van der Waals surface area contributed by atoms with Gasteiger partial charge in [0.15, 0.2) is 0 Å². The molecule has 0 aromatic carbocycles. The van der Waals surface area contributed by atoms with Gasteiger partial charge >= 0.3 is 0 Å². The number of aromatic nitrogens is 2. The molecule has 0 saturated carbocycles. The topological polar surface area (TPSA) is 59.3 Å². The molecular formula is C12H23N3O2. The first kappa shape index (κ1) is 14.2. The molecule has 0 radical (unpaired) electrons. The third kappa shape index (κ3) is 5.81. The first-order valence-corrected chi connectivity index (χ1v) is 6.27. The number of hydrogen-bond acceptors (Lipinski definition) is 4. The van der Waals surface area contributed by atoms with Crippen molar-refractivity contribution in [3.8, 4) is 0 Å². The number of aryl methyl sites for hydroxylation is 1. The normalized spacial score (nSPS) is 10.9. The minimum Gasteiger partial charge on any atom is -0.394 e. The van der Waals surface area contributed by atoms with E-state index in [9.17, 15) is 0 Å². The molecule has 0 amide bonds. The number of imidazole rings is 1. The summed E-state index contributed by atoms with van der Waals surface area (Å²) < 4.78 is 7.35. The molecule has 1 heterocycles. The zero-order valence-electron chi connectivity index (χ0n) is 10.6. The Kier molecular flexibility index (Phi) is 7.62. The van der Waals surface area contributed by atoms with Crippen molar-refractivity contribution in [1.29, 1.82) is 0 Å². The third-order valence-corrected chi connectivity index (χ3v) is 2.43. The molecule has 5 nitrogen and oxygen atoms in total. The lowest BCUT2D eigenvalue weighted by molar-refractivity contribution is 0.0907. The summed E-state index contributed by atoms with van der Waals surface area (Å²) >= 11 is 0. The van der Waals surface area contributed by atoms with E-state index >= 15 is 0 Å². The summed E-state index contributed by atoms with van der Waals surface area (Å²) in [6.07, 6.45) is 5.94. The van der Waals surface area contributed by atoms with Crippen LogP contribution in [0.3, 0.4) is 0 Å². The van der Waals surface area contributed by atoms with Gasteiger partial charge in [-0.1, -0.05) is 6.92 Å². The van der Waals surface area contributed by atoms with Crippen LogP contribution in [-0.2, 0) is 17.8 Å². The Morgan fingerprint density at radius 2 is 2.35 bits per heavy atom. The molecule has 1 rings (SSSR count).